The first-order valence-electron chi connectivity index (χ1n) is 33.8. The monoisotopic (exact) mass is 1250 g/mol. The Kier molecular flexibility index (Phi) is 33.3. The second-order valence-corrected chi connectivity index (χ2v) is 27.5. The first-order chi connectivity index (χ1) is 41.9. The van der Waals surface area contributed by atoms with Crippen molar-refractivity contribution in [1.29, 1.82) is 0 Å². The highest BCUT2D eigenvalue weighted by atomic mass is 16.5. The van der Waals surface area contributed by atoms with E-state index < -0.39 is 12.0 Å². The molecule has 10 aliphatic heterocycles. The molecule has 10 saturated heterocycles. The Labute approximate surface area is 529 Å². The third-order valence-corrected chi connectivity index (χ3v) is 19.0. The fourth-order valence-electron chi connectivity index (χ4n) is 12.5. The van der Waals surface area contributed by atoms with E-state index in [0.717, 1.165) is 157 Å². The standard InChI is InChI=1S/C12H22N2O2.C11H20N2O2.C11H19NO3.C11H21NO2.C10H20N2O2.C10H19NO3/c1-9(2)11-8-14(6-7-16-11)10-4-3-5-13-12(10)15;1-8(2)10-7-13(5-6-15-10)9-3-4-12-11(9)14;1-8(2)10-7-12(4-6-14-10)9-3-5-15-11(9)13;1-9(2)11-7-12(4-6-14-11)10-3-5-13-8-10;1-7(2)9-6-12(4-5-14-9)8(3)10(11)13;1-7(2)9-6-11(4-5-14-9)8(3)10(12)13/h9-11H,3-8H2,1-2H3,(H,13,15);8-10H,3-7H2,1-2H3,(H,12,14);8-10H,3-7H2,1-2H3;9-11H,3-8H2,1-2H3;7-9H,4-6H2,1-3H3,(H2,11,13);7-9H,4-6H2,1-3H3,(H,12,13). The number of nitrogens with two attached hydrogens (primary N) is 1. The molecule has 0 aromatic rings. The summed E-state index contributed by atoms with van der Waals surface area (Å²) in [4.78, 5) is 70.0. The molecule has 0 aromatic heterocycles. The number of amides is 3. The van der Waals surface area contributed by atoms with Gasteiger partial charge in [-0.05, 0) is 75.0 Å². The highest BCUT2D eigenvalue weighted by Crippen LogP contribution is 2.24. The lowest BCUT2D eigenvalue weighted by Crippen LogP contribution is -2.56. The number of piperidine rings is 1. The van der Waals surface area contributed by atoms with Crippen molar-refractivity contribution in [3.63, 3.8) is 0 Å². The van der Waals surface area contributed by atoms with Crippen LogP contribution in [0, 0.1) is 35.5 Å². The third kappa shape index (κ3) is 24.4. The Morgan fingerprint density at radius 3 is 1.18 bits per heavy atom. The average Bonchev–Trinajstić information content (AvgIpc) is 4.08. The molecule has 10 aliphatic rings. The fourth-order valence-corrected chi connectivity index (χ4v) is 12.5. The topological polar surface area (TPSA) is 249 Å². The van der Waals surface area contributed by atoms with Crippen LogP contribution < -0.4 is 16.4 Å². The molecule has 5 N–H and O–H groups in total. The molecule has 12 unspecified atom stereocenters. The Hall–Kier alpha value is -3.17. The van der Waals surface area contributed by atoms with E-state index in [9.17, 15) is 24.0 Å². The quantitative estimate of drug-likeness (QED) is 0.181. The van der Waals surface area contributed by atoms with Gasteiger partial charge in [0.25, 0.3) is 0 Å². The number of primary amides is 1. The number of carbonyl (C=O) groups excluding carboxylic acids is 4. The van der Waals surface area contributed by atoms with Gasteiger partial charge in [-0.15, -0.1) is 0 Å². The summed E-state index contributed by atoms with van der Waals surface area (Å²) in [6.45, 7) is 48.6. The molecule has 0 aliphatic carbocycles. The number of esters is 1. The fraction of sp³-hybridized carbons (Fsp3) is 0.923. The molecular weight excluding hydrogens is 1130 g/mol. The molecule has 23 nitrogen and oxygen atoms in total. The number of rotatable bonds is 14. The van der Waals surface area contributed by atoms with Crippen LogP contribution in [0.1, 0.15) is 129 Å². The van der Waals surface area contributed by atoms with Crippen molar-refractivity contribution >= 4 is 29.7 Å². The maximum absolute atomic E-state index is 11.8. The summed E-state index contributed by atoms with van der Waals surface area (Å²) in [7, 11) is 0. The molecular formula is C65H121N9O14. The number of morpholine rings is 6. The molecule has 10 rings (SSSR count). The van der Waals surface area contributed by atoms with Gasteiger partial charge in [0, 0.05) is 111 Å². The van der Waals surface area contributed by atoms with Crippen LogP contribution in [0.5, 0.6) is 0 Å². The SMILES string of the molecule is CC(C)C1CN(C(C)C(=O)O)CCO1.CC(C)C1CN(C(C)C(N)=O)CCO1.CC(C)C1CN(C2CCCNC2=O)CCO1.CC(C)C1CN(C2CCNC2=O)CCO1.CC(C)C1CN(C2CCOC2)CCO1.CC(C)C1CN(C2CCOC2=O)CCO1. The number of ether oxygens (including phenoxy) is 8. The van der Waals surface area contributed by atoms with Crippen molar-refractivity contribution in [3.8, 4) is 0 Å². The van der Waals surface area contributed by atoms with Crippen molar-refractivity contribution in [2.45, 2.75) is 202 Å². The minimum Gasteiger partial charge on any atom is -0.480 e. The lowest BCUT2D eigenvalue weighted by molar-refractivity contribution is -0.147. The highest BCUT2D eigenvalue weighted by molar-refractivity contribution is 5.84. The number of carbonyl (C=O) groups is 5. The largest absolute Gasteiger partial charge is 0.480 e. The molecule has 510 valence electrons. The van der Waals surface area contributed by atoms with Crippen molar-refractivity contribution in [2.75, 3.05) is 151 Å². The van der Waals surface area contributed by atoms with E-state index in [1.165, 1.54) is 6.42 Å². The minimum atomic E-state index is -0.755. The second kappa shape index (κ2) is 38.7. The van der Waals surface area contributed by atoms with E-state index in [1.807, 2.05) is 11.8 Å². The first-order valence-corrected chi connectivity index (χ1v) is 33.8. The van der Waals surface area contributed by atoms with Crippen LogP contribution in [0.15, 0.2) is 0 Å². The smallest absolute Gasteiger partial charge is 0.323 e. The Morgan fingerprint density at radius 1 is 0.443 bits per heavy atom. The number of nitrogens with one attached hydrogen (secondary N) is 2. The van der Waals surface area contributed by atoms with Crippen LogP contribution >= 0.6 is 0 Å². The lowest BCUT2D eigenvalue weighted by atomic mass is 10.0. The molecule has 10 heterocycles. The van der Waals surface area contributed by atoms with Crippen molar-refractivity contribution in [3.05, 3.63) is 0 Å². The molecule has 0 spiro atoms. The first kappa shape index (κ1) is 75.5. The number of carboxylic acids is 1. The number of hydrogen-bond donors (Lipinski definition) is 4. The van der Waals surface area contributed by atoms with Crippen molar-refractivity contribution in [1.82, 2.24) is 40.0 Å². The van der Waals surface area contributed by atoms with Gasteiger partial charge in [0.05, 0.1) is 108 Å². The number of hydrogen-bond acceptors (Lipinski definition) is 19. The van der Waals surface area contributed by atoms with Crippen LogP contribution in [0.25, 0.3) is 0 Å². The summed E-state index contributed by atoms with van der Waals surface area (Å²) in [5, 5.41) is 14.7. The van der Waals surface area contributed by atoms with E-state index in [1.54, 1.807) is 6.92 Å². The zero-order valence-corrected chi connectivity index (χ0v) is 56.7. The predicted molar refractivity (Wildman–Crippen MR) is 339 cm³/mol. The third-order valence-electron chi connectivity index (χ3n) is 19.0. The molecule has 0 bridgehead atoms. The zero-order chi connectivity index (χ0) is 64.6. The van der Waals surface area contributed by atoms with Gasteiger partial charge in [0.15, 0.2) is 0 Å². The van der Waals surface area contributed by atoms with Crippen molar-refractivity contribution in [2.24, 2.45) is 41.2 Å². The van der Waals surface area contributed by atoms with Gasteiger partial charge in [-0.2, -0.15) is 0 Å². The van der Waals surface area contributed by atoms with Crippen LogP contribution in [-0.2, 0) is 61.9 Å². The predicted octanol–water partition coefficient (Wildman–Crippen LogP) is 3.68. The number of carboxylic acid groups (broad SMARTS) is 1. The summed E-state index contributed by atoms with van der Waals surface area (Å²) < 4.78 is 44.4. The van der Waals surface area contributed by atoms with Gasteiger partial charge in [-0.25, -0.2) is 0 Å². The summed E-state index contributed by atoms with van der Waals surface area (Å²) in [5.41, 5.74) is 5.27. The zero-order valence-electron chi connectivity index (χ0n) is 56.7. The van der Waals surface area contributed by atoms with E-state index >= 15 is 0 Å². The second-order valence-electron chi connectivity index (χ2n) is 27.5. The van der Waals surface area contributed by atoms with Gasteiger partial charge in [-0.3, -0.25) is 53.4 Å². The van der Waals surface area contributed by atoms with E-state index in [2.05, 4.69) is 118 Å². The van der Waals surface area contributed by atoms with Gasteiger partial charge in [-0.1, -0.05) is 83.1 Å². The van der Waals surface area contributed by atoms with Gasteiger partial charge in [0.2, 0.25) is 17.7 Å². The number of aliphatic carboxylic acids is 1. The maximum Gasteiger partial charge on any atom is 0.323 e. The van der Waals surface area contributed by atoms with E-state index in [-0.39, 0.29) is 78.4 Å². The van der Waals surface area contributed by atoms with Crippen molar-refractivity contribution < 1.29 is 67.0 Å². The Morgan fingerprint density at radius 2 is 0.818 bits per heavy atom. The molecule has 0 saturated carbocycles. The van der Waals surface area contributed by atoms with E-state index in [0.29, 0.717) is 67.5 Å². The summed E-state index contributed by atoms with van der Waals surface area (Å²) in [6, 6.07) is 0.227. The van der Waals surface area contributed by atoms with Crippen LogP contribution in [-0.4, -0.2) is 288 Å². The normalized spacial score (nSPS) is 31.4. The van der Waals surface area contributed by atoms with Crippen LogP contribution in [0.2, 0.25) is 0 Å². The average molecular weight is 1250 g/mol. The summed E-state index contributed by atoms with van der Waals surface area (Å²) in [5.74, 6) is 2.44. The summed E-state index contributed by atoms with van der Waals surface area (Å²) in [6.07, 6.45) is 6.72. The Bertz CT molecular complexity index is 1960. The minimum absolute atomic E-state index is 0.0184. The van der Waals surface area contributed by atoms with Gasteiger partial charge < -0.3 is 59.4 Å². The number of cyclic esters (lactones) is 1. The molecule has 0 radical (unpaired) electrons. The maximum atomic E-state index is 11.8. The molecule has 88 heavy (non-hydrogen) atoms. The molecule has 3 amide bonds. The van der Waals surface area contributed by atoms with Gasteiger partial charge >= 0.3 is 11.9 Å². The van der Waals surface area contributed by atoms with E-state index in [4.69, 9.17) is 48.7 Å². The Balaban J connectivity index is 0.000000193. The molecule has 12 atom stereocenters. The van der Waals surface area contributed by atoms with Gasteiger partial charge in [0.1, 0.15) is 12.1 Å². The molecule has 10 fully saturated rings. The van der Waals surface area contributed by atoms with Crippen LogP contribution in [0.4, 0.5) is 0 Å². The molecule has 23 heteroatoms. The molecule has 0 aromatic carbocycles. The number of nitrogens with zero attached hydrogens (tertiary/aromatic N) is 6. The summed E-state index contributed by atoms with van der Waals surface area (Å²) >= 11 is 0. The highest BCUT2D eigenvalue weighted by Gasteiger charge is 2.39. The lowest BCUT2D eigenvalue weighted by Gasteiger charge is -2.40. The van der Waals surface area contributed by atoms with Crippen LogP contribution in [0.3, 0.4) is 0 Å².